The van der Waals surface area contributed by atoms with Gasteiger partial charge in [0.1, 0.15) is 11.0 Å². The SMILES string of the molecule is Cc1ccc2nc(-c3ccc(N4C(=O)CC(N(C5CC5)S(=O)(=O)c5ccccc5)C4=O)cc3)sc2c1. The van der Waals surface area contributed by atoms with Crippen LogP contribution in [0, 0.1) is 6.92 Å². The molecule has 2 amide bonds. The molecular weight excluding hydrogens is 494 g/mol. The van der Waals surface area contributed by atoms with E-state index in [2.05, 4.69) is 6.07 Å². The molecule has 1 saturated carbocycles. The summed E-state index contributed by atoms with van der Waals surface area (Å²) in [5, 5.41) is 0.855. The molecule has 1 atom stereocenters. The van der Waals surface area contributed by atoms with Gasteiger partial charge in [-0.15, -0.1) is 11.3 Å². The number of hydrogen-bond donors (Lipinski definition) is 0. The van der Waals surface area contributed by atoms with Gasteiger partial charge >= 0.3 is 0 Å². The third-order valence-electron chi connectivity index (χ3n) is 6.57. The zero-order valence-corrected chi connectivity index (χ0v) is 21.1. The number of anilines is 1. The second kappa shape index (κ2) is 8.62. The highest BCUT2D eigenvalue weighted by molar-refractivity contribution is 7.89. The number of fused-ring (bicyclic) bond motifs is 1. The highest BCUT2D eigenvalue weighted by Gasteiger charge is 2.51. The van der Waals surface area contributed by atoms with Crippen LogP contribution in [0.15, 0.2) is 77.7 Å². The molecule has 1 aliphatic heterocycles. The Kier molecular flexibility index (Phi) is 5.51. The van der Waals surface area contributed by atoms with Gasteiger partial charge in [0.05, 0.1) is 27.2 Å². The van der Waals surface area contributed by atoms with Crippen LogP contribution in [0.4, 0.5) is 5.69 Å². The van der Waals surface area contributed by atoms with Crippen molar-refractivity contribution >= 4 is 49.1 Å². The minimum Gasteiger partial charge on any atom is -0.274 e. The van der Waals surface area contributed by atoms with Gasteiger partial charge in [0.25, 0.3) is 5.91 Å². The molecular formula is C27H23N3O4S2. The first-order chi connectivity index (χ1) is 17.3. The maximum atomic E-state index is 13.5. The van der Waals surface area contributed by atoms with Gasteiger partial charge < -0.3 is 0 Å². The predicted octanol–water partition coefficient (Wildman–Crippen LogP) is 4.76. The summed E-state index contributed by atoms with van der Waals surface area (Å²) in [5.41, 5.74) is 3.42. The van der Waals surface area contributed by atoms with E-state index < -0.39 is 27.9 Å². The van der Waals surface area contributed by atoms with Gasteiger partial charge in [0.2, 0.25) is 15.9 Å². The molecule has 2 fully saturated rings. The van der Waals surface area contributed by atoms with E-state index in [9.17, 15) is 18.0 Å². The number of aromatic nitrogens is 1. The molecule has 1 saturated heterocycles. The number of rotatable bonds is 6. The summed E-state index contributed by atoms with van der Waals surface area (Å²) in [4.78, 5) is 32.4. The second-order valence-electron chi connectivity index (χ2n) is 9.20. The fraction of sp³-hybridized carbons (Fsp3) is 0.222. The molecule has 9 heteroatoms. The van der Waals surface area contributed by atoms with Crippen molar-refractivity contribution in [2.24, 2.45) is 0 Å². The summed E-state index contributed by atoms with van der Waals surface area (Å²) < 4.78 is 29.2. The van der Waals surface area contributed by atoms with Crippen molar-refractivity contribution < 1.29 is 18.0 Å². The third kappa shape index (κ3) is 3.93. The fourth-order valence-corrected chi connectivity index (χ4v) is 7.57. The molecule has 1 unspecified atom stereocenters. The van der Waals surface area contributed by atoms with E-state index in [0.29, 0.717) is 18.5 Å². The number of aryl methyl sites for hydroxylation is 1. The Morgan fingerprint density at radius 2 is 1.69 bits per heavy atom. The molecule has 0 radical (unpaired) electrons. The number of sulfonamides is 1. The summed E-state index contributed by atoms with van der Waals surface area (Å²) in [6.07, 6.45) is 1.20. The van der Waals surface area contributed by atoms with E-state index >= 15 is 0 Å². The number of imide groups is 1. The lowest BCUT2D eigenvalue weighted by Gasteiger charge is -2.26. The molecule has 3 aromatic carbocycles. The van der Waals surface area contributed by atoms with E-state index in [-0.39, 0.29) is 17.4 Å². The van der Waals surface area contributed by atoms with Crippen molar-refractivity contribution in [2.75, 3.05) is 4.90 Å². The molecule has 1 aromatic heterocycles. The highest BCUT2D eigenvalue weighted by atomic mass is 32.2. The van der Waals surface area contributed by atoms with E-state index in [0.717, 1.165) is 25.7 Å². The molecule has 2 aliphatic rings. The number of hydrogen-bond acceptors (Lipinski definition) is 6. The van der Waals surface area contributed by atoms with Crippen LogP contribution in [0.3, 0.4) is 0 Å². The van der Waals surface area contributed by atoms with Crippen LogP contribution in [0.2, 0.25) is 0 Å². The number of carbonyl (C=O) groups is 2. The van der Waals surface area contributed by atoms with Gasteiger partial charge in [-0.2, -0.15) is 4.31 Å². The Hall–Kier alpha value is -3.40. The molecule has 0 spiro atoms. The topological polar surface area (TPSA) is 87.7 Å². The van der Waals surface area contributed by atoms with Gasteiger partial charge in [-0.3, -0.25) is 9.59 Å². The first kappa shape index (κ1) is 23.0. The van der Waals surface area contributed by atoms with Gasteiger partial charge in [-0.25, -0.2) is 18.3 Å². The van der Waals surface area contributed by atoms with Gasteiger partial charge in [0, 0.05) is 11.6 Å². The van der Waals surface area contributed by atoms with Crippen LogP contribution in [0.1, 0.15) is 24.8 Å². The summed E-state index contributed by atoms with van der Waals surface area (Å²) in [7, 11) is -3.92. The maximum absolute atomic E-state index is 13.5. The quantitative estimate of drug-likeness (QED) is 0.344. The molecule has 1 aliphatic carbocycles. The van der Waals surface area contributed by atoms with Crippen molar-refractivity contribution in [3.05, 3.63) is 78.4 Å². The molecule has 36 heavy (non-hydrogen) atoms. The normalized spacial score (nSPS) is 18.5. The maximum Gasteiger partial charge on any atom is 0.252 e. The van der Waals surface area contributed by atoms with Crippen molar-refractivity contribution in [2.45, 2.75) is 43.2 Å². The molecule has 2 heterocycles. The van der Waals surface area contributed by atoms with Crippen LogP contribution in [0.5, 0.6) is 0 Å². The minimum atomic E-state index is -3.92. The number of amides is 2. The Morgan fingerprint density at radius 3 is 2.39 bits per heavy atom. The number of benzene rings is 3. The molecule has 182 valence electrons. The van der Waals surface area contributed by atoms with E-state index in [1.165, 1.54) is 22.0 Å². The fourth-order valence-electron chi connectivity index (χ4n) is 4.66. The zero-order chi connectivity index (χ0) is 25.0. The molecule has 6 rings (SSSR count). The van der Waals surface area contributed by atoms with Crippen molar-refractivity contribution in [3.8, 4) is 10.6 Å². The third-order valence-corrected chi connectivity index (χ3v) is 9.61. The lowest BCUT2D eigenvalue weighted by Crippen LogP contribution is -2.46. The largest absolute Gasteiger partial charge is 0.274 e. The van der Waals surface area contributed by atoms with Crippen LogP contribution < -0.4 is 4.90 Å². The monoisotopic (exact) mass is 517 g/mol. The van der Waals surface area contributed by atoms with Crippen LogP contribution >= 0.6 is 11.3 Å². The van der Waals surface area contributed by atoms with Gasteiger partial charge in [-0.05, 0) is 73.9 Å². The predicted molar refractivity (Wildman–Crippen MR) is 139 cm³/mol. The highest BCUT2D eigenvalue weighted by Crippen LogP contribution is 2.38. The average Bonchev–Trinajstić information content (AvgIpc) is 3.54. The van der Waals surface area contributed by atoms with Crippen molar-refractivity contribution in [1.29, 1.82) is 0 Å². The van der Waals surface area contributed by atoms with Gasteiger partial charge in [-0.1, -0.05) is 24.3 Å². The lowest BCUT2D eigenvalue weighted by molar-refractivity contribution is -0.122. The first-order valence-corrected chi connectivity index (χ1v) is 14.0. The van der Waals surface area contributed by atoms with Crippen molar-refractivity contribution in [1.82, 2.24) is 9.29 Å². The Bertz CT molecular complexity index is 1590. The van der Waals surface area contributed by atoms with Crippen LogP contribution in [-0.4, -0.2) is 41.6 Å². The van der Waals surface area contributed by atoms with Crippen molar-refractivity contribution in [3.63, 3.8) is 0 Å². The summed E-state index contributed by atoms with van der Waals surface area (Å²) in [6.45, 7) is 2.04. The number of nitrogens with zero attached hydrogens (tertiary/aromatic N) is 3. The standard InChI is InChI=1S/C27H23N3O4S2/c1-17-7-14-22-24(15-17)35-26(28-22)18-8-10-19(11-9-18)29-25(31)16-23(27(29)32)30(20-12-13-20)36(33,34)21-5-3-2-4-6-21/h2-11,14-15,20,23H,12-13,16H2,1H3. The number of carbonyl (C=O) groups excluding carboxylic acids is 2. The summed E-state index contributed by atoms with van der Waals surface area (Å²) in [6, 6.07) is 20.0. The van der Waals surface area contributed by atoms with E-state index in [1.807, 2.05) is 31.2 Å². The molecule has 7 nitrogen and oxygen atoms in total. The Morgan fingerprint density at radius 1 is 0.972 bits per heavy atom. The summed E-state index contributed by atoms with van der Waals surface area (Å²) >= 11 is 1.59. The van der Waals surface area contributed by atoms with Crippen LogP contribution in [-0.2, 0) is 19.6 Å². The molecule has 4 aromatic rings. The van der Waals surface area contributed by atoms with Gasteiger partial charge in [0.15, 0.2) is 0 Å². The second-order valence-corrected chi connectivity index (χ2v) is 12.1. The lowest BCUT2D eigenvalue weighted by atomic mass is 10.2. The minimum absolute atomic E-state index is 0.131. The van der Waals surface area contributed by atoms with Crippen LogP contribution in [0.25, 0.3) is 20.8 Å². The first-order valence-electron chi connectivity index (χ1n) is 11.8. The molecule has 0 bridgehead atoms. The summed E-state index contributed by atoms with van der Waals surface area (Å²) in [5.74, 6) is -0.906. The Labute approximate surface area is 213 Å². The number of thiazole rings is 1. The average molecular weight is 518 g/mol. The van der Waals surface area contributed by atoms with E-state index in [1.54, 1.807) is 41.7 Å². The smallest absolute Gasteiger partial charge is 0.252 e. The molecule has 0 N–H and O–H groups in total. The Balaban J connectivity index is 1.29. The zero-order valence-electron chi connectivity index (χ0n) is 19.5. The van der Waals surface area contributed by atoms with E-state index in [4.69, 9.17) is 4.98 Å².